The van der Waals surface area contributed by atoms with Gasteiger partial charge in [-0.3, -0.25) is 19.3 Å². The van der Waals surface area contributed by atoms with Crippen molar-refractivity contribution in [2.24, 2.45) is 5.92 Å². The van der Waals surface area contributed by atoms with Crippen molar-refractivity contribution >= 4 is 23.8 Å². The topological polar surface area (TPSA) is 86.8 Å². The molecule has 0 aromatic heterocycles. The number of carbonyl (C=O) groups excluding carboxylic acids is 4. The second-order valence-corrected chi connectivity index (χ2v) is 6.17. The van der Waals surface area contributed by atoms with Gasteiger partial charge in [-0.25, -0.2) is 14.1 Å². The van der Waals surface area contributed by atoms with Gasteiger partial charge in [0.05, 0.1) is 0 Å². The fourth-order valence-corrected chi connectivity index (χ4v) is 2.45. The highest BCUT2D eigenvalue weighted by Crippen LogP contribution is 2.13. The predicted octanol–water partition coefficient (Wildman–Crippen LogP) is 0.931. The van der Waals surface area contributed by atoms with E-state index in [1.807, 2.05) is 13.8 Å². The van der Waals surface area contributed by atoms with Gasteiger partial charge in [0.15, 0.2) is 0 Å². The Balaban J connectivity index is 1.87. The summed E-state index contributed by atoms with van der Waals surface area (Å²) in [6.07, 6.45) is 0.276. The van der Waals surface area contributed by atoms with Crippen molar-refractivity contribution in [3.8, 4) is 0 Å². The quantitative estimate of drug-likeness (QED) is 0.586. The highest BCUT2D eigenvalue weighted by atomic mass is 19.1. The number of hydrogen-bond acceptors (Lipinski definition) is 4. The van der Waals surface area contributed by atoms with Gasteiger partial charge >= 0.3 is 17.8 Å². The maximum absolute atomic E-state index is 13.5. The van der Waals surface area contributed by atoms with E-state index in [-0.39, 0.29) is 31.2 Å². The van der Waals surface area contributed by atoms with E-state index in [0.29, 0.717) is 10.5 Å². The van der Waals surface area contributed by atoms with Crippen LogP contribution in [0.15, 0.2) is 24.3 Å². The maximum atomic E-state index is 13.5. The molecule has 0 spiro atoms. The first-order chi connectivity index (χ1) is 11.8. The minimum atomic E-state index is -1.00. The number of nitrogens with one attached hydrogen (secondary N) is 1. The Labute approximate surface area is 144 Å². The molecule has 1 heterocycles. The highest BCUT2D eigenvalue weighted by Gasteiger charge is 2.45. The van der Waals surface area contributed by atoms with E-state index in [0.717, 1.165) is 4.90 Å². The number of rotatable bonds is 7. The molecule has 0 saturated carbocycles. The summed E-state index contributed by atoms with van der Waals surface area (Å²) in [5.41, 5.74) is 0.453. The zero-order chi connectivity index (χ0) is 18.6. The number of benzene rings is 1. The zero-order valence-electron chi connectivity index (χ0n) is 14.1. The molecule has 1 aliphatic rings. The average Bonchev–Trinajstić information content (AvgIpc) is 2.74. The molecule has 1 N–H and O–H groups in total. The maximum Gasteiger partial charge on any atom is 0.334 e. The van der Waals surface area contributed by atoms with Gasteiger partial charge in [0.25, 0.3) is 0 Å². The molecule has 7 nitrogen and oxygen atoms in total. The van der Waals surface area contributed by atoms with Crippen LogP contribution in [0.25, 0.3) is 0 Å². The van der Waals surface area contributed by atoms with Crippen molar-refractivity contribution in [3.05, 3.63) is 35.6 Å². The van der Waals surface area contributed by atoms with Crippen LogP contribution < -0.4 is 5.32 Å². The SMILES string of the molecule is CC(C)CN1C(=O)C(=O)N(CC(=O)NCCc2ccccc2F)C1=O. The van der Waals surface area contributed by atoms with Gasteiger partial charge in [0.2, 0.25) is 5.91 Å². The van der Waals surface area contributed by atoms with Gasteiger partial charge in [-0.1, -0.05) is 32.0 Å². The highest BCUT2D eigenvalue weighted by molar-refractivity contribution is 6.45. The van der Waals surface area contributed by atoms with Crippen LogP contribution in [0.1, 0.15) is 19.4 Å². The molecule has 2 rings (SSSR count). The second kappa shape index (κ2) is 7.87. The largest absolute Gasteiger partial charge is 0.354 e. The Morgan fingerprint density at radius 1 is 1.12 bits per heavy atom. The molecule has 25 heavy (non-hydrogen) atoms. The molecule has 1 fully saturated rings. The van der Waals surface area contributed by atoms with Crippen molar-refractivity contribution in [2.75, 3.05) is 19.6 Å². The van der Waals surface area contributed by atoms with Gasteiger partial charge in [-0.05, 0) is 24.0 Å². The molecule has 0 bridgehead atoms. The Morgan fingerprint density at radius 3 is 2.40 bits per heavy atom. The van der Waals surface area contributed by atoms with Crippen LogP contribution in [0.4, 0.5) is 9.18 Å². The fraction of sp³-hybridized carbons (Fsp3) is 0.412. The van der Waals surface area contributed by atoms with E-state index in [2.05, 4.69) is 5.32 Å². The molecule has 134 valence electrons. The summed E-state index contributed by atoms with van der Waals surface area (Å²) in [7, 11) is 0. The fourth-order valence-electron chi connectivity index (χ4n) is 2.45. The van der Waals surface area contributed by atoms with Gasteiger partial charge in [0.1, 0.15) is 12.4 Å². The number of hydrogen-bond donors (Lipinski definition) is 1. The van der Waals surface area contributed by atoms with E-state index in [1.54, 1.807) is 18.2 Å². The van der Waals surface area contributed by atoms with Crippen LogP contribution in [0.2, 0.25) is 0 Å². The molecule has 1 aromatic rings. The van der Waals surface area contributed by atoms with Crippen molar-refractivity contribution in [3.63, 3.8) is 0 Å². The first-order valence-electron chi connectivity index (χ1n) is 7.98. The third-order valence-corrected chi connectivity index (χ3v) is 3.66. The number of nitrogens with zero attached hydrogens (tertiary/aromatic N) is 2. The third-order valence-electron chi connectivity index (χ3n) is 3.66. The van der Waals surface area contributed by atoms with Crippen LogP contribution in [0.3, 0.4) is 0 Å². The summed E-state index contributed by atoms with van der Waals surface area (Å²) in [5, 5.41) is 2.52. The molecular formula is C17H20FN3O4. The first-order valence-corrected chi connectivity index (χ1v) is 7.98. The average molecular weight is 349 g/mol. The molecule has 1 aromatic carbocycles. The molecule has 0 atom stereocenters. The van der Waals surface area contributed by atoms with E-state index >= 15 is 0 Å². The summed E-state index contributed by atoms with van der Waals surface area (Å²) >= 11 is 0. The van der Waals surface area contributed by atoms with Gasteiger partial charge < -0.3 is 5.32 Å². The summed E-state index contributed by atoms with van der Waals surface area (Å²) < 4.78 is 13.5. The summed E-state index contributed by atoms with van der Waals surface area (Å²) in [5.74, 6) is -2.86. The van der Waals surface area contributed by atoms with Crippen LogP contribution in [0.5, 0.6) is 0 Å². The zero-order valence-corrected chi connectivity index (χ0v) is 14.1. The Bertz CT molecular complexity index is 705. The normalized spacial score (nSPS) is 14.6. The Hall–Kier alpha value is -2.77. The van der Waals surface area contributed by atoms with Crippen LogP contribution >= 0.6 is 0 Å². The smallest absolute Gasteiger partial charge is 0.334 e. The minimum absolute atomic E-state index is 0.00949. The van der Waals surface area contributed by atoms with E-state index in [9.17, 15) is 23.6 Å². The lowest BCUT2D eigenvalue weighted by Crippen LogP contribution is -2.42. The van der Waals surface area contributed by atoms with Crippen molar-refractivity contribution < 1.29 is 23.6 Å². The molecular weight excluding hydrogens is 329 g/mol. The molecule has 0 aliphatic carbocycles. The summed E-state index contributed by atoms with van der Waals surface area (Å²) in [6, 6.07) is 5.41. The number of urea groups is 1. The lowest BCUT2D eigenvalue weighted by Gasteiger charge is -2.16. The monoisotopic (exact) mass is 349 g/mol. The van der Waals surface area contributed by atoms with Crippen LogP contribution in [-0.2, 0) is 20.8 Å². The van der Waals surface area contributed by atoms with Crippen LogP contribution in [-0.4, -0.2) is 53.2 Å². The third kappa shape index (κ3) is 4.40. The Kier molecular flexibility index (Phi) is 5.84. The first kappa shape index (κ1) is 18.6. The number of amides is 5. The van der Waals surface area contributed by atoms with E-state index in [4.69, 9.17) is 0 Å². The van der Waals surface area contributed by atoms with Gasteiger partial charge in [-0.2, -0.15) is 0 Å². The molecule has 5 amide bonds. The number of imide groups is 2. The summed E-state index contributed by atoms with van der Waals surface area (Å²) in [4.78, 5) is 49.2. The minimum Gasteiger partial charge on any atom is -0.354 e. The molecule has 0 unspecified atom stereocenters. The predicted molar refractivity (Wildman–Crippen MR) is 86.8 cm³/mol. The van der Waals surface area contributed by atoms with Crippen molar-refractivity contribution in [2.45, 2.75) is 20.3 Å². The molecule has 1 saturated heterocycles. The summed E-state index contributed by atoms with van der Waals surface area (Å²) in [6.45, 7) is 3.36. The molecule has 8 heteroatoms. The number of halogens is 1. The van der Waals surface area contributed by atoms with Gasteiger partial charge in [0, 0.05) is 13.1 Å². The molecule has 1 aliphatic heterocycles. The standard InChI is InChI=1S/C17H20FN3O4/c1-11(2)9-20-15(23)16(24)21(17(20)25)10-14(22)19-8-7-12-5-3-4-6-13(12)18/h3-6,11H,7-10H2,1-2H3,(H,19,22). The van der Waals surface area contributed by atoms with E-state index < -0.39 is 30.3 Å². The lowest BCUT2D eigenvalue weighted by molar-refractivity contribution is -0.144. The van der Waals surface area contributed by atoms with Crippen molar-refractivity contribution in [1.29, 1.82) is 0 Å². The number of carbonyl (C=O) groups is 4. The van der Waals surface area contributed by atoms with E-state index in [1.165, 1.54) is 6.07 Å². The Morgan fingerprint density at radius 2 is 1.76 bits per heavy atom. The second-order valence-electron chi connectivity index (χ2n) is 6.17. The lowest BCUT2D eigenvalue weighted by atomic mass is 10.1. The molecule has 0 radical (unpaired) electrons. The van der Waals surface area contributed by atoms with Crippen molar-refractivity contribution in [1.82, 2.24) is 15.1 Å². The van der Waals surface area contributed by atoms with Gasteiger partial charge in [-0.15, -0.1) is 0 Å². The van der Waals surface area contributed by atoms with Crippen LogP contribution in [0, 0.1) is 11.7 Å².